The molecule has 0 amide bonds. The molecule has 1 heterocycles. The van der Waals surface area contributed by atoms with Gasteiger partial charge in [0.05, 0.1) is 5.41 Å². The van der Waals surface area contributed by atoms with Crippen molar-refractivity contribution in [2.75, 3.05) is 0 Å². The van der Waals surface area contributed by atoms with Gasteiger partial charge >= 0.3 is 0 Å². The lowest BCUT2D eigenvalue weighted by atomic mass is 9.69. The molecule has 2 atom stereocenters. The molecule has 3 nitrogen and oxygen atoms in total. The Morgan fingerprint density at radius 1 is 1.56 bits per heavy atom. The number of imidazole rings is 1. The lowest BCUT2D eigenvalue weighted by molar-refractivity contribution is -0.707. The lowest BCUT2D eigenvalue weighted by Crippen LogP contribution is -2.49. The molecule has 2 unspecified atom stereocenters. The summed E-state index contributed by atoms with van der Waals surface area (Å²) in [6.07, 6.45) is 8.98. The van der Waals surface area contributed by atoms with E-state index >= 15 is 0 Å². The molecule has 86 valence electrons. The van der Waals surface area contributed by atoms with E-state index in [1.165, 1.54) is 6.42 Å². The third kappa shape index (κ3) is 1.04. The van der Waals surface area contributed by atoms with Crippen LogP contribution in [0.2, 0.25) is 0 Å². The number of ketones is 1. The van der Waals surface area contributed by atoms with Crippen LogP contribution in [0.25, 0.3) is 0 Å². The second kappa shape index (κ2) is 2.96. The zero-order valence-electron chi connectivity index (χ0n) is 9.99. The number of hydrogen-bond donors (Lipinski definition) is 1. The number of carbonyl (C=O) groups is 1. The Bertz CT molecular complexity index is 421. The van der Waals surface area contributed by atoms with E-state index in [4.69, 9.17) is 0 Å². The van der Waals surface area contributed by atoms with Gasteiger partial charge in [-0.15, -0.1) is 0 Å². The number of H-pyrrole nitrogens is 1. The van der Waals surface area contributed by atoms with Crippen LogP contribution in [0.1, 0.15) is 33.1 Å². The molecule has 2 bridgehead atoms. The second-order valence-electron chi connectivity index (χ2n) is 5.95. The monoisotopic (exact) mass is 219 g/mol. The summed E-state index contributed by atoms with van der Waals surface area (Å²) in [5.74, 6) is 1.10. The van der Waals surface area contributed by atoms with Gasteiger partial charge in [-0.25, -0.2) is 4.57 Å². The lowest BCUT2D eigenvalue weighted by Gasteiger charge is -2.34. The molecule has 3 rings (SSSR count). The first-order valence-corrected chi connectivity index (χ1v) is 6.11. The number of nitrogens with zero attached hydrogens (tertiary/aromatic N) is 1. The van der Waals surface area contributed by atoms with E-state index in [-0.39, 0.29) is 10.8 Å². The average Bonchev–Trinajstić information content (AvgIpc) is 2.84. The number of carbonyl (C=O) groups excluding carboxylic acids is 1. The van der Waals surface area contributed by atoms with Gasteiger partial charge in [-0.1, -0.05) is 13.8 Å². The van der Waals surface area contributed by atoms with Crippen molar-refractivity contribution >= 4 is 5.78 Å². The number of rotatable bonds is 2. The van der Waals surface area contributed by atoms with Crippen LogP contribution >= 0.6 is 0 Å². The third-order valence-corrected chi connectivity index (χ3v) is 5.19. The van der Waals surface area contributed by atoms with Crippen molar-refractivity contribution in [2.45, 2.75) is 39.7 Å². The van der Waals surface area contributed by atoms with Crippen molar-refractivity contribution in [1.82, 2.24) is 4.98 Å². The van der Waals surface area contributed by atoms with E-state index < -0.39 is 0 Å². The van der Waals surface area contributed by atoms with Crippen molar-refractivity contribution in [3.8, 4) is 0 Å². The third-order valence-electron chi connectivity index (χ3n) is 5.19. The molecular weight excluding hydrogens is 200 g/mol. The number of aromatic amines is 1. The molecule has 3 heteroatoms. The molecule has 0 radical (unpaired) electrons. The van der Waals surface area contributed by atoms with Gasteiger partial charge in [-0.3, -0.25) is 9.78 Å². The van der Waals surface area contributed by atoms with Crippen molar-refractivity contribution in [3.63, 3.8) is 0 Å². The summed E-state index contributed by atoms with van der Waals surface area (Å²) in [4.78, 5) is 15.3. The minimum Gasteiger partial charge on any atom is -0.299 e. The Morgan fingerprint density at radius 3 is 2.88 bits per heavy atom. The first-order valence-electron chi connectivity index (χ1n) is 6.11. The molecule has 0 aliphatic heterocycles. The number of aromatic nitrogens is 2. The summed E-state index contributed by atoms with van der Waals surface area (Å²) < 4.78 is 2.12. The predicted octanol–water partition coefficient (Wildman–Crippen LogP) is 1.70. The van der Waals surface area contributed by atoms with E-state index in [0.717, 1.165) is 19.4 Å². The zero-order chi connectivity index (χ0) is 11.4. The van der Waals surface area contributed by atoms with Gasteiger partial charge in [0, 0.05) is 6.42 Å². The molecule has 2 saturated carbocycles. The maximum Gasteiger partial charge on any atom is 0.241 e. The Hall–Kier alpha value is -1.12. The largest absolute Gasteiger partial charge is 0.299 e. The molecule has 1 aromatic heterocycles. The van der Waals surface area contributed by atoms with Gasteiger partial charge in [0.1, 0.15) is 24.7 Å². The Kier molecular flexibility index (Phi) is 1.86. The first kappa shape index (κ1) is 10.1. The zero-order valence-corrected chi connectivity index (χ0v) is 9.99. The van der Waals surface area contributed by atoms with Gasteiger partial charge in [-0.05, 0) is 24.2 Å². The van der Waals surface area contributed by atoms with Gasteiger partial charge in [0.25, 0.3) is 0 Å². The SMILES string of the molecule is CC1(C)C2CCC1(C[n+]1cc[nH]c1)C(=O)C2. The van der Waals surface area contributed by atoms with E-state index in [0.29, 0.717) is 11.7 Å². The van der Waals surface area contributed by atoms with Crippen molar-refractivity contribution < 1.29 is 9.36 Å². The van der Waals surface area contributed by atoms with Crippen LogP contribution in [0.4, 0.5) is 0 Å². The molecule has 2 aliphatic carbocycles. The predicted molar refractivity (Wildman–Crippen MR) is 59.5 cm³/mol. The van der Waals surface area contributed by atoms with Crippen LogP contribution in [0.3, 0.4) is 0 Å². The van der Waals surface area contributed by atoms with Crippen molar-refractivity contribution in [3.05, 3.63) is 18.7 Å². The first-order chi connectivity index (χ1) is 7.56. The van der Waals surface area contributed by atoms with Crippen LogP contribution < -0.4 is 4.57 Å². The minimum atomic E-state index is -0.107. The molecule has 1 N–H and O–H groups in total. The number of fused-ring (bicyclic) bond motifs is 2. The van der Waals surface area contributed by atoms with Gasteiger partial charge in [0.2, 0.25) is 6.33 Å². The summed E-state index contributed by atoms with van der Waals surface area (Å²) in [6.45, 7) is 5.41. The molecule has 2 aliphatic rings. The molecule has 2 fully saturated rings. The fraction of sp³-hybridized carbons (Fsp3) is 0.692. The molecule has 1 aromatic rings. The summed E-state index contributed by atoms with van der Waals surface area (Å²) in [6, 6.07) is 0. The summed E-state index contributed by atoms with van der Waals surface area (Å²) in [5, 5.41) is 0. The quantitative estimate of drug-likeness (QED) is 0.755. The average molecular weight is 219 g/mol. The van der Waals surface area contributed by atoms with Gasteiger partial charge in [0.15, 0.2) is 0 Å². The highest BCUT2D eigenvalue weighted by molar-refractivity contribution is 5.89. The highest BCUT2D eigenvalue weighted by atomic mass is 16.1. The van der Waals surface area contributed by atoms with Crippen molar-refractivity contribution in [2.24, 2.45) is 16.7 Å². The number of Topliss-reactive ketones (excluding diaryl/α,β-unsaturated/α-hetero) is 1. The van der Waals surface area contributed by atoms with E-state index in [2.05, 4.69) is 23.4 Å². The van der Waals surface area contributed by atoms with Crippen LogP contribution in [0.15, 0.2) is 18.7 Å². The molecule has 0 spiro atoms. The summed E-state index contributed by atoms with van der Waals surface area (Å²) in [7, 11) is 0. The van der Waals surface area contributed by atoms with E-state index in [1.54, 1.807) is 0 Å². The smallest absolute Gasteiger partial charge is 0.241 e. The van der Waals surface area contributed by atoms with Gasteiger partial charge in [-0.2, -0.15) is 0 Å². The summed E-state index contributed by atoms with van der Waals surface area (Å²) >= 11 is 0. The van der Waals surface area contributed by atoms with Gasteiger partial charge < -0.3 is 0 Å². The molecule has 0 aromatic carbocycles. The highest BCUT2D eigenvalue weighted by Crippen LogP contribution is 2.63. The second-order valence-corrected chi connectivity index (χ2v) is 5.95. The fourth-order valence-electron chi connectivity index (χ4n) is 3.87. The van der Waals surface area contributed by atoms with Crippen molar-refractivity contribution in [1.29, 1.82) is 0 Å². The minimum absolute atomic E-state index is 0.107. The van der Waals surface area contributed by atoms with E-state index in [1.807, 2.05) is 18.7 Å². The molecule has 16 heavy (non-hydrogen) atoms. The highest BCUT2D eigenvalue weighted by Gasteiger charge is 2.65. The van der Waals surface area contributed by atoms with Crippen LogP contribution in [0.5, 0.6) is 0 Å². The maximum atomic E-state index is 12.3. The van der Waals surface area contributed by atoms with E-state index in [9.17, 15) is 4.79 Å². The Balaban J connectivity index is 1.99. The van der Waals surface area contributed by atoms with Crippen LogP contribution in [-0.4, -0.2) is 10.8 Å². The Labute approximate surface area is 95.9 Å². The summed E-state index contributed by atoms with van der Waals surface area (Å²) in [5.41, 5.74) is 0.0683. The molecule has 0 saturated heterocycles. The number of nitrogens with one attached hydrogen (secondary N) is 1. The van der Waals surface area contributed by atoms with Crippen LogP contribution in [0, 0.1) is 16.7 Å². The van der Waals surface area contributed by atoms with Crippen LogP contribution in [-0.2, 0) is 11.3 Å². The standard InChI is InChI=1S/C13H18N2O/c1-12(2)10-3-4-13(12,11(16)7-10)8-15-6-5-14-9-15/h5-6,9-10H,3-4,7-8H2,1-2H3/p+1. The fourth-order valence-corrected chi connectivity index (χ4v) is 3.87. The number of hydrogen-bond acceptors (Lipinski definition) is 1. The topological polar surface area (TPSA) is 36.7 Å². The molecular formula is C13H19N2O+. The Morgan fingerprint density at radius 2 is 2.38 bits per heavy atom. The maximum absolute atomic E-state index is 12.3. The normalized spacial score (nSPS) is 35.9.